The van der Waals surface area contributed by atoms with E-state index >= 15 is 0 Å². The van der Waals surface area contributed by atoms with Gasteiger partial charge in [-0.2, -0.15) is 0 Å². The van der Waals surface area contributed by atoms with Crippen molar-refractivity contribution >= 4 is 23.5 Å². The maximum atomic E-state index is 11.9. The van der Waals surface area contributed by atoms with Crippen LogP contribution in [0.3, 0.4) is 0 Å². The van der Waals surface area contributed by atoms with Crippen LogP contribution in [0.5, 0.6) is 0 Å². The fourth-order valence-corrected chi connectivity index (χ4v) is 3.03. The highest BCUT2D eigenvalue weighted by atomic mass is 31.2. The molecule has 0 aromatic heterocycles. The van der Waals surface area contributed by atoms with Crippen LogP contribution in [0.2, 0.25) is 0 Å². The first-order valence-corrected chi connectivity index (χ1v) is 6.32. The molecule has 0 N–H and O–H groups in total. The lowest BCUT2D eigenvalue weighted by Gasteiger charge is -2.30. The van der Waals surface area contributed by atoms with Gasteiger partial charge in [0.15, 0.2) is 0 Å². The van der Waals surface area contributed by atoms with E-state index in [-0.39, 0.29) is 18.6 Å². The van der Waals surface area contributed by atoms with Crippen molar-refractivity contribution in [1.82, 2.24) is 0 Å². The molecule has 0 bridgehead atoms. The molecule has 15 heavy (non-hydrogen) atoms. The summed E-state index contributed by atoms with van der Waals surface area (Å²) in [4.78, 5) is 0. The Hall–Kier alpha value is 0.240. The Bertz CT molecular complexity index is 280. The summed E-state index contributed by atoms with van der Waals surface area (Å²) < 4.78 is 27.0. The SMILES string of the molecule is [B]C1([B])CC(C)(C)COP(=O)(OCC)O1. The van der Waals surface area contributed by atoms with E-state index in [1.807, 2.05) is 13.8 Å². The maximum Gasteiger partial charge on any atom is 0.473 e. The van der Waals surface area contributed by atoms with Crippen molar-refractivity contribution in [1.29, 1.82) is 0 Å². The molecule has 1 fully saturated rings. The van der Waals surface area contributed by atoms with E-state index in [4.69, 9.17) is 29.3 Å². The van der Waals surface area contributed by atoms with Gasteiger partial charge >= 0.3 is 7.82 Å². The van der Waals surface area contributed by atoms with Crippen LogP contribution < -0.4 is 0 Å². The molecule has 1 heterocycles. The second-order valence-electron chi connectivity index (χ2n) is 4.53. The lowest BCUT2D eigenvalue weighted by atomic mass is 9.59. The van der Waals surface area contributed by atoms with Crippen LogP contribution in [0.25, 0.3) is 0 Å². The van der Waals surface area contributed by atoms with Crippen LogP contribution in [-0.4, -0.2) is 34.3 Å². The summed E-state index contributed by atoms with van der Waals surface area (Å²) in [6.07, 6.45) is 0.344. The third-order valence-corrected chi connectivity index (χ3v) is 3.52. The Labute approximate surface area is 93.5 Å². The highest BCUT2D eigenvalue weighted by Crippen LogP contribution is 2.56. The number of phosphoric ester groups is 1. The van der Waals surface area contributed by atoms with Gasteiger partial charge in [-0.25, -0.2) is 4.57 Å². The van der Waals surface area contributed by atoms with Gasteiger partial charge in [0.25, 0.3) is 0 Å². The normalized spacial score (nSPS) is 34.6. The Morgan fingerprint density at radius 1 is 1.47 bits per heavy atom. The summed E-state index contributed by atoms with van der Waals surface area (Å²) in [6.45, 7) is 5.96. The second kappa shape index (κ2) is 4.25. The lowest BCUT2D eigenvalue weighted by Crippen LogP contribution is -2.36. The third-order valence-electron chi connectivity index (χ3n) is 1.94. The average molecular weight is 228 g/mol. The molecule has 0 spiro atoms. The average Bonchev–Trinajstić information content (AvgIpc) is 2.04. The van der Waals surface area contributed by atoms with Gasteiger partial charge in [0.05, 0.1) is 13.2 Å². The molecule has 0 saturated carbocycles. The van der Waals surface area contributed by atoms with Crippen molar-refractivity contribution < 1.29 is 18.1 Å². The van der Waals surface area contributed by atoms with E-state index in [9.17, 15) is 4.57 Å². The van der Waals surface area contributed by atoms with Crippen molar-refractivity contribution in [3.63, 3.8) is 0 Å². The summed E-state index contributed by atoms with van der Waals surface area (Å²) in [7, 11) is 7.76. The number of hydrogen-bond acceptors (Lipinski definition) is 4. The van der Waals surface area contributed by atoms with Crippen molar-refractivity contribution in [3.05, 3.63) is 0 Å². The maximum absolute atomic E-state index is 11.9. The van der Waals surface area contributed by atoms with Crippen LogP contribution in [0.4, 0.5) is 0 Å². The zero-order valence-corrected chi connectivity index (χ0v) is 10.3. The van der Waals surface area contributed by atoms with Crippen molar-refractivity contribution in [3.8, 4) is 0 Å². The summed E-state index contributed by atoms with van der Waals surface area (Å²) in [5.41, 5.74) is -0.299. The molecule has 4 radical (unpaired) electrons. The van der Waals surface area contributed by atoms with Gasteiger partial charge in [-0.1, -0.05) is 13.8 Å². The first-order chi connectivity index (χ1) is 6.68. The fraction of sp³-hybridized carbons (Fsp3) is 1.00. The third kappa shape index (κ3) is 3.95. The molecule has 82 valence electrons. The lowest BCUT2D eigenvalue weighted by molar-refractivity contribution is 0.112. The minimum atomic E-state index is -3.61. The Balaban J connectivity index is 2.87. The fourth-order valence-electron chi connectivity index (χ4n) is 1.54. The van der Waals surface area contributed by atoms with Crippen molar-refractivity contribution in [2.75, 3.05) is 13.2 Å². The molecule has 1 aliphatic heterocycles. The van der Waals surface area contributed by atoms with Crippen molar-refractivity contribution in [2.45, 2.75) is 32.6 Å². The summed E-state index contributed by atoms with van der Waals surface area (Å²) in [5, 5.41) is -1.48. The second-order valence-corrected chi connectivity index (χ2v) is 6.12. The van der Waals surface area contributed by atoms with Gasteiger partial charge in [0.1, 0.15) is 15.7 Å². The minimum Gasteiger partial charge on any atom is -0.300 e. The van der Waals surface area contributed by atoms with Crippen LogP contribution >= 0.6 is 7.82 Å². The van der Waals surface area contributed by atoms with Crippen LogP contribution in [0.15, 0.2) is 0 Å². The predicted molar refractivity (Wildman–Crippen MR) is 58.9 cm³/mol. The number of rotatable bonds is 2. The minimum absolute atomic E-state index is 0.216. The first-order valence-electron chi connectivity index (χ1n) is 4.86. The molecule has 0 aromatic carbocycles. The van der Waals surface area contributed by atoms with Crippen molar-refractivity contribution in [2.24, 2.45) is 5.41 Å². The summed E-state index contributed by atoms with van der Waals surface area (Å²) in [6, 6.07) is 0. The topological polar surface area (TPSA) is 44.8 Å². The Kier molecular flexibility index (Phi) is 3.77. The van der Waals surface area contributed by atoms with Gasteiger partial charge in [-0.15, -0.1) is 0 Å². The van der Waals surface area contributed by atoms with Crippen LogP contribution in [0, 0.1) is 5.41 Å². The van der Waals surface area contributed by atoms with E-state index in [0.717, 1.165) is 0 Å². The number of hydrogen-bond donors (Lipinski definition) is 0. The van der Waals surface area contributed by atoms with Gasteiger partial charge in [0.2, 0.25) is 0 Å². The molecule has 0 aromatic rings. The molecule has 1 saturated heterocycles. The quantitative estimate of drug-likeness (QED) is 0.531. The highest BCUT2D eigenvalue weighted by molar-refractivity contribution is 7.48. The first kappa shape index (κ1) is 13.3. The standard InChI is InChI=1S/C8H15B2O4P/c1-4-12-15(11)13-6-7(2,3)5-8(9,10)14-15/h4-6H2,1-3H3. The van der Waals surface area contributed by atoms with E-state index in [1.54, 1.807) is 6.92 Å². The van der Waals surface area contributed by atoms with Crippen LogP contribution in [-0.2, 0) is 18.1 Å². The van der Waals surface area contributed by atoms with Gasteiger partial charge in [-0.05, 0) is 18.8 Å². The predicted octanol–water partition coefficient (Wildman–Crippen LogP) is 1.58. The molecule has 0 aliphatic carbocycles. The zero-order chi connectivity index (χ0) is 11.7. The van der Waals surface area contributed by atoms with E-state index in [0.29, 0.717) is 6.42 Å². The molecule has 1 atom stereocenters. The molecule has 1 rings (SSSR count). The summed E-state index contributed by atoms with van der Waals surface area (Å²) >= 11 is 0. The van der Waals surface area contributed by atoms with E-state index in [1.165, 1.54) is 0 Å². The Morgan fingerprint density at radius 2 is 2.07 bits per heavy atom. The molecule has 1 aliphatic rings. The molecule has 7 heteroatoms. The highest BCUT2D eigenvalue weighted by Gasteiger charge is 2.42. The molecular formula is C8H15B2O4P. The molecular weight excluding hydrogens is 213 g/mol. The monoisotopic (exact) mass is 228 g/mol. The Morgan fingerprint density at radius 3 is 2.60 bits per heavy atom. The smallest absolute Gasteiger partial charge is 0.300 e. The van der Waals surface area contributed by atoms with E-state index < -0.39 is 13.2 Å². The molecule has 0 amide bonds. The van der Waals surface area contributed by atoms with Gasteiger partial charge in [0, 0.05) is 5.40 Å². The van der Waals surface area contributed by atoms with E-state index in [2.05, 4.69) is 0 Å². The van der Waals surface area contributed by atoms with Crippen LogP contribution in [0.1, 0.15) is 27.2 Å². The zero-order valence-electron chi connectivity index (χ0n) is 9.36. The van der Waals surface area contributed by atoms with Gasteiger partial charge < -0.3 is 0 Å². The van der Waals surface area contributed by atoms with Gasteiger partial charge in [-0.3, -0.25) is 13.6 Å². The molecule has 4 nitrogen and oxygen atoms in total. The largest absolute Gasteiger partial charge is 0.473 e. The molecule has 1 unspecified atom stereocenters. The number of phosphoric acid groups is 1. The summed E-state index contributed by atoms with van der Waals surface area (Å²) in [5.74, 6) is 0.